The van der Waals surface area contributed by atoms with Crippen molar-refractivity contribution in [2.24, 2.45) is 0 Å². The zero-order chi connectivity index (χ0) is 27.5. The predicted octanol–water partition coefficient (Wildman–Crippen LogP) is 3.43. The second kappa shape index (κ2) is 11.8. The zero-order valence-electron chi connectivity index (χ0n) is 25.3. The molecule has 3 aliphatic rings. The Morgan fingerprint density at radius 1 is 0.795 bits per heavy atom. The molecule has 0 bridgehead atoms. The van der Waals surface area contributed by atoms with Crippen molar-refractivity contribution in [3.63, 3.8) is 0 Å². The first-order valence-corrected chi connectivity index (χ1v) is 15.2. The van der Waals surface area contributed by atoms with Crippen LogP contribution in [0.15, 0.2) is 48.5 Å². The predicted molar refractivity (Wildman–Crippen MR) is 159 cm³/mol. The number of aryl methyl sites for hydroxylation is 1. The van der Waals surface area contributed by atoms with E-state index in [1.54, 1.807) is 0 Å². The summed E-state index contributed by atoms with van der Waals surface area (Å²) in [5.41, 5.74) is 17.7. The first-order chi connectivity index (χ1) is 17.2. The van der Waals surface area contributed by atoms with E-state index in [-0.39, 0.29) is 35.6 Å². The van der Waals surface area contributed by atoms with E-state index < -0.39 is 0 Å². The van der Waals surface area contributed by atoms with Gasteiger partial charge in [-0.3, -0.25) is 6.08 Å². The molecule has 3 aromatic carbocycles. The van der Waals surface area contributed by atoms with Gasteiger partial charge in [0.1, 0.15) is 0 Å². The fourth-order valence-corrected chi connectivity index (χ4v) is 6.30. The Morgan fingerprint density at radius 3 is 1.82 bits per heavy atom. The molecule has 0 saturated carbocycles. The Bertz CT molecular complexity index is 1350. The minimum absolute atomic E-state index is 0. The molecule has 39 heavy (non-hydrogen) atoms. The van der Waals surface area contributed by atoms with E-state index in [1.165, 1.54) is 91.0 Å². The van der Waals surface area contributed by atoms with Gasteiger partial charge in [0.2, 0.25) is 0 Å². The van der Waals surface area contributed by atoms with Gasteiger partial charge in [0.05, 0.1) is 0 Å². The largest absolute Gasteiger partial charge is 1.00 e. The minimum atomic E-state index is 0. The SMILES string of the molecule is CC1=[C-]C(C)(C)c2cc3c(cc21)-c1cc2c(cc1C3)C(C)(C)C=C2C.Cc1cc(C(C)(C)C)c[cH-]1.[CH2]=[Zr+2].[Cl-].[Cl-]. The average molecular weight is 637 g/mol. The van der Waals surface area contributed by atoms with Crippen molar-refractivity contribution in [3.8, 4) is 11.1 Å². The van der Waals surface area contributed by atoms with Crippen LogP contribution in [0.5, 0.6) is 0 Å². The number of hydrogen-bond donors (Lipinski definition) is 0. The summed E-state index contributed by atoms with van der Waals surface area (Å²) in [6, 6.07) is 16.4. The Morgan fingerprint density at radius 2 is 1.33 bits per heavy atom. The topological polar surface area (TPSA) is 0 Å². The molecule has 0 atom stereocenters. The Kier molecular flexibility index (Phi) is 10.3. The van der Waals surface area contributed by atoms with Gasteiger partial charge in [-0.05, 0) is 58.4 Å². The second-order valence-electron chi connectivity index (χ2n) is 13.1. The number of halogens is 2. The van der Waals surface area contributed by atoms with Gasteiger partial charge in [0, 0.05) is 5.41 Å². The number of fused-ring (bicyclic) bond motifs is 5. The van der Waals surface area contributed by atoms with E-state index in [1.807, 2.05) is 0 Å². The summed E-state index contributed by atoms with van der Waals surface area (Å²) in [4.78, 5) is 0. The van der Waals surface area contributed by atoms with E-state index in [2.05, 4.69) is 128 Å². The number of hydrogen-bond acceptors (Lipinski definition) is 0. The smallest absolute Gasteiger partial charge is 1.00 e. The molecular formula is C36H42Cl2Zr-2. The summed E-state index contributed by atoms with van der Waals surface area (Å²) < 4.78 is 3.34. The Hall–Kier alpha value is -1.40. The molecule has 3 aliphatic carbocycles. The Labute approximate surface area is 264 Å². The van der Waals surface area contributed by atoms with E-state index in [0.717, 1.165) is 6.42 Å². The van der Waals surface area contributed by atoms with Gasteiger partial charge >= 0.3 is 28.4 Å². The fraction of sp³-hybridized carbons (Fsp3) is 0.389. The first kappa shape index (κ1) is 33.8. The first-order valence-electron chi connectivity index (χ1n) is 13.4. The van der Waals surface area contributed by atoms with E-state index in [0.29, 0.717) is 5.41 Å². The summed E-state index contributed by atoms with van der Waals surface area (Å²) in [7, 11) is 0. The second-order valence-corrected chi connectivity index (χ2v) is 13.1. The maximum absolute atomic E-state index is 3.65. The van der Waals surface area contributed by atoms with Crippen molar-refractivity contribution >= 4 is 15.4 Å². The third kappa shape index (κ3) is 6.27. The molecule has 3 aromatic rings. The van der Waals surface area contributed by atoms with E-state index in [4.69, 9.17) is 0 Å². The standard InChI is InChI=1S/C25H25.C10H15.CH2.2ClH.Zr/c1-14-12-24(3,4)22-8-16-7-17-9-23-19(15(2)13-25(23,5)6)11-21(17)20(16)10-18(14)22;1-8-5-6-9(7-8)10(2,3)4;;;;/h8-12H,7H2,1-6H3;5-7H,1-4H3;1H2;2*1H;/q2*-1;;;;+2/p-2. The van der Waals surface area contributed by atoms with Crippen molar-refractivity contribution in [2.75, 3.05) is 0 Å². The van der Waals surface area contributed by atoms with Crippen LogP contribution in [0, 0.1) is 13.0 Å². The van der Waals surface area contributed by atoms with E-state index >= 15 is 0 Å². The van der Waals surface area contributed by atoms with Gasteiger partial charge in [-0.2, -0.15) is 28.8 Å². The number of benzene rings is 2. The van der Waals surface area contributed by atoms with Crippen molar-refractivity contribution in [2.45, 2.75) is 91.9 Å². The molecule has 0 nitrogen and oxygen atoms in total. The maximum Gasteiger partial charge on any atom is -1.00 e. The van der Waals surface area contributed by atoms with Crippen LogP contribution in [0.3, 0.4) is 0 Å². The minimum Gasteiger partial charge on any atom is -1.00 e. The van der Waals surface area contributed by atoms with Crippen LogP contribution in [-0.2, 0) is 46.9 Å². The molecule has 0 radical (unpaired) electrons. The number of rotatable bonds is 0. The van der Waals surface area contributed by atoms with Crippen molar-refractivity contribution in [1.29, 1.82) is 0 Å². The van der Waals surface area contributed by atoms with Crippen LogP contribution in [0.2, 0.25) is 0 Å². The van der Waals surface area contributed by atoms with Gasteiger partial charge in [-0.25, -0.2) is 11.6 Å². The molecule has 0 spiro atoms. The molecule has 0 fully saturated rings. The van der Waals surface area contributed by atoms with Gasteiger partial charge < -0.3 is 24.8 Å². The molecule has 0 heterocycles. The summed E-state index contributed by atoms with van der Waals surface area (Å²) in [6.45, 7) is 22.5. The molecule has 0 aliphatic heterocycles. The van der Waals surface area contributed by atoms with Crippen LogP contribution in [0.4, 0.5) is 0 Å². The van der Waals surface area contributed by atoms with E-state index in [9.17, 15) is 0 Å². The zero-order valence-corrected chi connectivity index (χ0v) is 29.3. The molecular weight excluding hydrogens is 595 g/mol. The van der Waals surface area contributed by atoms with Crippen molar-refractivity contribution < 1.29 is 49.0 Å². The van der Waals surface area contributed by atoms with Gasteiger partial charge in [0.25, 0.3) is 0 Å². The summed E-state index contributed by atoms with van der Waals surface area (Å²) >= 11 is 1.30. The quantitative estimate of drug-likeness (QED) is 0.260. The Balaban J connectivity index is 0.000000326. The molecule has 0 N–H and O–H groups in total. The molecule has 0 unspecified atom stereocenters. The van der Waals surface area contributed by atoms with Crippen LogP contribution in [0.1, 0.15) is 107 Å². The normalized spacial score (nSPS) is 16.4. The van der Waals surface area contributed by atoms with Crippen LogP contribution in [-0.4, -0.2) is 4.21 Å². The maximum atomic E-state index is 3.65. The molecule has 0 saturated heterocycles. The van der Waals surface area contributed by atoms with Crippen LogP contribution in [0.25, 0.3) is 22.3 Å². The number of allylic oxidation sites excluding steroid dienone is 4. The molecule has 206 valence electrons. The molecule has 3 heteroatoms. The average Bonchev–Trinajstić information content (AvgIpc) is 3.51. The van der Waals surface area contributed by atoms with Crippen molar-refractivity contribution in [1.82, 2.24) is 0 Å². The molecule has 0 amide bonds. The fourth-order valence-electron chi connectivity index (χ4n) is 6.30. The third-order valence-corrected chi connectivity index (χ3v) is 8.21. The van der Waals surface area contributed by atoms with Gasteiger partial charge in [0.15, 0.2) is 0 Å². The van der Waals surface area contributed by atoms with Crippen molar-refractivity contribution in [3.05, 3.63) is 99.1 Å². The summed E-state index contributed by atoms with van der Waals surface area (Å²) in [5.74, 6) is 0. The third-order valence-electron chi connectivity index (χ3n) is 8.21. The summed E-state index contributed by atoms with van der Waals surface area (Å²) in [6.07, 6.45) is 7.13. The van der Waals surface area contributed by atoms with Gasteiger partial charge in [-0.1, -0.05) is 91.4 Å². The van der Waals surface area contributed by atoms with Gasteiger partial charge in [-0.15, -0.1) is 11.6 Å². The van der Waals surface area contributed by atoms with Crippen LogP contribution >= 0.6 is 0 Å². The molecule has 0 aromatic heterocycles. The molecule has 6 rings (SSSR count). The summed E-state index contributed by atoms with van der Waals surface area (Å²) in [5, 5.41) is 0. The monoisotopic (exact) mass is 634 g/mol. The van der Waals surface area contributed by atoms with Crippen LogP contribution < -0.4 is 24.8 Å².